The molecule has 0 spiro atoms. The molecule has 102 valence electrons. The molecule has 0 aliphatic rings. The van der Waals surface area contributed by atoms with Crippen molar-refractivity contribution in [3.63, 3.8) is 0 Å². The summed E-state index contributed by atoms with van der Waals surface area (Å²) in [5, 5.41) is 8.91. The lowest BCUT2D eigenvalue weighted by molar-refractivity contribution is 0.893. The van der Waals surface area contributed by atoms with E-state index in [0.717, 1.165) is 28.9 Å². The lowest BCUT2D eigenvalue weighted by atomic mass is 10.1. The fraction of sp³-hybridized carbons (Fsp3) is 0.231. The highest BCUT2D eigenvalue weighted by atomic mass is 35.5. The van der Waals surface area contributed by atoms with Gasteiger partial charge < -0.3 is 4.98 Å². The molecule has 3 aromatic heterocycles. The first-order chi connectivity index (χ1) is 9.58. The number of aromatic nitrogens is 5. The SMILES string of the molecule is CCc1nnc(C)cc1-c1nc2nc(Cl)c(Cl)cc2[nH]1. The first-order valence-electron chi connectivity index (χ1n) is 6.13. The summed E-state index contributed by atoms with van der Waals surface area (Å²) in [7, 11) is 0. The third-order valence-corrected chi connectivity index (χ3v) is 3.64. The Labute approximate surface area is 125 Å². The maximum atomic E-state index is 5.96. The van der Waals surface area contributed by atoms with E-state index in [2.05, 4.69) is 25.1 Å². The van der Waals surface area contributed by atoms with Crippen LogP contribution < -0.4 is 0 Å². The third kappa shape index (κ3) is 2.23. The van der Waals surface area contributed by atoms with Crippen LogP contribution in [0.15, 0.2) is 12.1 Å². The average Bonchev–Trinajstić information content (AvgIpc) is 2.82. The summed E-state index contributed by atoms with van der Waals surface area (Å²) in [5.41, 5.74) is 3.91. The van der Waals surface area contributed by atoms with Crippen molar-refractivity contribution < 1.29 is 0 Å². The molecule has 7 heteroatoms. The molecular formula is C13H11Cl2N5. The van der Waals surface area contributed by atoms with E-state index in [9.17, 15) is 0 Å². The van der Waals surface area contributed by atoms with Gasteiger partial charge >= 0.3 is 0 Å². The van der Waals surface area contributed by atoms with Crippen molar-refractivity contribution in [2.24, 2.45) is 0 Å². The molecule has 3 aromatic rings. The van der Waals surface area contributed by atoms with Gasteiger partial charge in [-0.25, -0.2) is 9.97 Å². The molecular weight excluding hydrogens is 297 g/mol. The van der Waals surface area contributed by atoms with Crippen LogP contribution in [0.1, 0.15) is 18.3 Å². The molecule has 0 fully saturated rings. The smallest absolute Gasteiger partial charge is 0.179 e. The van der Waals surface area contributed by atoms with Crippen LogP contribution >= 0.6 is 23.2 Å². The van der Waals surface area contributed by atoms with Crippen molar-refractivity contribution in [2.45, 2.75) is 20.3 Å². The number of aryl methyl sites for hydroxylation is 2. The Kier molecular flexibility index (Phi) is 3.31. The summed E-state index contributed by atoms with van der Waals surface area (Å²) >= 11 is 11.9. The van der Waals surface area contributed by atoms with E-state index in [1.54, 1.807) is 6.07 Å². The van der Waals surface area contributed by atoms with Crippen molar-refractivity contribution in [2.75, 3.05) is 0 Å². The zero-order chi connectivity index (χ0) is 14.3. The number of imidazole rings is 1. The van der Waals surface area contributed by atoms with E-state index < -0.39 is 0 Å². The van der Waals surface area contributed by atoms with Crippen molar-refractivity contribution in [3.05, 3.63) is 33.7 Å². The molecule has 1 N–H and O–H groups in total. The van der Waals surface area contributed by atoms with Gasteiger partial charge in [0.1, 0.15) is 11.0 Å². The van der Waals surface area contributed by atoms with E-state index >= 15 is 0 Å². The zero-order valence-electron chi connectivity index (χ0n) is 10.9. The molecule has 5 nitrogen and oxygen atoms in total. The maximum Gasteiger partial charge on any atom is 0.179 e. The molecule has 0 saturated carbocycles. The topological polar surface area (TPSA) is 67.3 Å². The molecule has 3 heterocycles. The lowest BCUT2D eigenvalue weighted by Gasteiger charge is -2.03. The van der Waals surface area contributed by atoms with Gasteiger partial charge in [0.2, 0.25) is 0 Å². The van der Waals surface area contributed by atoms with E-state index in [1.165, 1.54) is 0 Å². The molecule has 20 heavy (non-hydrogen) atoms. The Morgan fingerprint density at radius 1 is 1.15 bits per heavy atom. The van der Waals surface area contributed by atoms with E-state index in [-0.39, 0.29) is 5.15 Å². The van der Waals surface area contributed by atoms with Crippen molar-refractivity contribution in [3.8, 4) is 11.4 Å². The quantitative estimate of drug-likeness (QED) is 0.735. The normalized spacial score (nSPS) is 11.2. The Hall–Kier alpha value is -1.72. The number of nitrogens with one attached hydrogen (secondary N) is 1. The highest BCUT2D eigenvalue weighted by Gasteiger charge is 2.13. The second-order valence-corrected chi connectivity index (χ2v) is 5.18. The van der Waals surface area contributed by atoms with E-state index in [1.807, 2.05) is 19.9 Å². The molecule has 0 radical (unpaired) electrons. The minimum atomic E-state index is 0.247. The van der Waals surface area contributed by atoms with Crippen LogP contribution in [0.5, 0.6) is 0 Å². The summed E-state index contributed by atoms with van der Waals surface area (Å²) in [6.07, 6.45) is 0.772. The monoisotopic (exact) mass is 307 g/mol. The fourth-order valence-corrected chi connectivity index (χ4v) is 2.29. The highest BCUT2D eigenvalue weighted by Crippen LogP contribution is 2.27. The van der Waals surface area contributed by atoms with Crippen LogP contribution in [0.3, 0.4) is 0 Å². The van der Waals surface area contributed by atoms with Crippen LogP contribution in [0.25, 0.3) is 22.6 Å². The van der Waals surface area contributed by atoms with Crippen molar-refractivity contribution in [1.29, 1.82) is 0 Å². The molecule has 0 bridgehead atoms. The van der Waals surface area contributed by atoms with Gasteiger partial charge in [-0.1, -0.05) is 30.1 Å². The minimum Gasteiger partial charge on any atom is -0.336 e. The Morgan fingerprint density at radius 2 is 1.95 bits per heavy atom. The molecule has 0 aliphatic heterocycles. The predicted molar refractivity (Wildman–Crippen MR) is 79.0 cm³/mol. The number of hydrogen-bond donors (Lipinski definition) is 1. The molecule has 0 saturated heterocycles. The lowest BCUT2D eigenvalue weighted by Crippen LogP contribution is -1.98. The summed E-state index contributed by atoms with van der Waals surface area (Å²) in [6.45, 7) is 3.92. The van der Waals surface area contributed by atoms with Gasteiger partial charge in [0, 0.05) is 5.56 Å². The minimum absolute atomic E-state index is 0.247. The van der Waals surface area contributed by atoms with Gasteiger partial charge in [-0.2, -0.15) is 10.2 Å². The summed E-state index contributed by atoms with van der Waals surface area (Å²) in [4.78, 5) is 11.8. The number of pyridine rings is 1. The van der Waals surface area contributed by atoms with Crippen LogP contribution in [0, 0.1) is 6.92 Å². The van der Waals surface area contributed by atoms with Gasteiger partial charge in [-0.05, 0) is 25.5 Å². The fourth-order valence-electron chi connectivity index (χ4n) is 2.00. The predicted octanol–water partition coefficient (Wildman–Crippen LogP) is 3.59. The molecule has 0 unspecified atom stereocenters. The first-order valence-corrected chi connectivity index (χ1v) is 6.89. The van der Waals surface area contributed by atoms with E-state index in [0.29, 0.717) is 16.5 Å². The number of hydrogen-bond acceptors (Lipinski definition) is 4. The highest BCUT2D eigenvalue weighted by molar-refractivity contribution is 6.41. The van der Waals surface area contributed by atoms with Gasteiger partial charge in [0.25, 0.3) is 0 Å². The summed E-state index contributed by atoms with van der Waals surface area (Å²) in [5.74, 6) is 0.695. The number of rotatable bonds is 2. The molecule has 0 aromatic carbocycles. The van der Waals surface area contributed by atoms with Gasteiger partial charge in [-0.3, -0.25) is 0 Å². The average molecular weight is 308 g/mol. The Morgan fingerprint density at radius 3 is 2.70 bits per heavy atom. The molecule has 0 amide bonds. The Bertz CT molecular complexity index is 758. The second-order valence-electron chi connectivity index (χ2n) is 4.42. The molecule has 3 rings (SSSR count). The molecule has 0 aliphatic carbocycles. The van der Waals surface area contributed by atoms with Crippen LogP contribution in [0.4, 0.5) is 0 Å². The van der Waals surface area contributed by atoms with Gasteiger partial charge in [-0.15, -0.1) is 0 Å². The number of halogens is 2. The van der Waals surface area contributed by atoms with Gasteiger partial charge in [0.15, 0.2) is 5.65 Å². The number of nitrogens with zero attached hydrogens (tertiary/aromatic N) is 4. The zero-order valence-corrected chi connectivity index (χ0v) is 12.4. The largest absolute Gasteiger partial charge is 0.336 e. The van der Waals surface area contributed by atoms with Crippen LogP contribution in [-0.4, -0.2) is 25.1 Å². The van der Waals surface area contributed by atoms with Crippen LogP contribution in [-0.2, 0) is 6.42 Å². The molecule has 0 atom stereocenters. The van der Waals surface area contributed by atoms with Crippen molar-refractivity contribution >= 4 is 34.4 Å². The van der Waals surface area contributed by atoms with Crippen molar-refractivity contribution in [1.82, 2.24) is 25.1 Å². The number of fused-ring (bicyclic) bond motifs is 1. The number of aromatic amines is 1. The maximum absolute atomic E-state index is 5.96. The Balaban J connectivity index is 2.22. The second kappa shape index (κ2) is 5.00. The standard InChI is InChI=1S/C13H11Cl2N5/c1-3-9-7(4-6(2)19-20-9)12-16-10-5-8(14)11(15)17-13(10)18-12/h4-5H,3H2,1-2H3,(H,16,17,18). The van der Waals surface area contributed by atoms with E-state index in [4.69, 9.17) is 23.2 Å². The third-order valence-electron chi connectivity index (χ3n) is 2.97. The first kappa shape index (κ1) is 13.3. The van der Waals surface area contributed by atoms with Crippen LogP contribution in [0.2, 0.25) is 10.2 Å². The van der Waals surface area contributed by atoms with Gasteiger partial charge in [0.05, 0.1) is 21.9 Å². The summed E-state index contributed by atoms with van der Waals surface area (Å²) in [6, 6.07) is 3.67. The summed E-state index contributed by atoms with van der Waals surface area (Å²) < 4.78 is 0. The number of H-pyrrole nitrogens is 1.